The molecular formula is C21H29N5O. The molecule has 6 nitrogen and oxygen atoms in total. The lowest BCUT2D eigenvalue weighted by molar-refractivity contribution is 0.322. The van der Waals surface area contributed by atoms with Crippen LogP contribution < -0.4 is 20.3 Å². The summed E-state index contributed by atoms with van der Waals surface area (Å²) in [7, 11) is 1.78. The first kappa shape index (κ1) is 19.0. The number of hydrogen-bond donors (Lipinski definition) is 2. The van der Waals surface area contributed by atoms with Crippen LogP contribution in [-0.2, 0) is 6.54 Å². The van der Waals surface area contributed by atoms with Gasteiger partial charge in [0.1, 0.15) is 18.2 Å². The van der Waals surface area contributed by atoms with Gasteiger partial charge in [0, 0.05) is 32.9 Å². The third-order valence-electron chi connectivity index (χ3n) is 4.58. The van der Waals surface area contributed by atoms with Crippen LogP contribution in [0.3, 0.4) is 0 Å². The third kappa shape index (κ3) is 6.16. The van der Waals surface area contributed by atoms with Gasteiger partial charge in [-0.15, -0.1) is 0 Å². The molecule has 2 heterocycles. The molecule has 0 atom stereocenters. The van der Waals surface area contributed by atoms with Crippen LogP contribution in [-0.4, -0.2) is 44.2 Å². The average Bonchev–Trinajstić information content (AvgIpc) is 2.75. The fourth-order valence-electron chi connectivity index (χ4n) is 3.13. The van der Waals surface area contributed by atoms with Gasteiger partial charge in [-0.05, 0) is 49.1 Å². The normalized spacial score (nSPS) is 14.7. The first-order valence-electron chi connectivity index (χ1n) is 9.67. The number of pyridine rings is 1. The number of nitrogens with one attached hydrogen (secondary N) is 2. The van der Waals surface area contributed by atoms with E-state index in [4.69, 9.17) is 4.74 Å². The van der Waals surface area contributed by atoms with Gasteiger partial charge in [-0.1, -0.05) is 18.2 Å². The van der Waals surface area contributed by atoms with E-state index in [0.717, 1.165) is 30.6 Å². The highest BCUT2D eigenvalue weighted by Gasteiger charge is 2.12. The van der Waals surface area contributed by atoms with Crippen LogP contribution >= 0.6 is 0 Å². The molecule has 1 aromatic heterocycles. The molecule has 1 aromatic carbocycles. The second-order valence-corrected chi connectivity index (χ2v) is 6.58. The fraction of sp³-hybridized carbons (Fsp3) is 0.429. The van der Waals surface area contributed by atoms with Gasteiger partial charge in [0.25, 0.3) is 0 Å². The topological polar surface area (TPSA) is 61.8 Å². The van der Waals surface area contributed by atoms with E-state index >= 15 is 0 Å². The smallest absolute Gasteiger partial charge is 0.191 e. The van der Waals surface area contributed by atoms with E-state index in [-0.39, 0.29) is 0 Å². The van der Waals surface area contributed by atoms with E-state index in [1.54, 1.807) is 7.05 Å². The van der Waals surface area contributed by atoms with E-state index in [1.165, 1.54) is 24.8 Å². The van der Waals surface area contributed by atoms with E-state index in [0.29, 0.717) is 19.7 Å². The van der Waals surface area contributed by atoms with Crippen LogP contribution in [0.5, 0.6) is 5.75 Å². The number of aliphatic imine (C=N–C) groups is 1. The summed E-state index contributed by atoms with van der Waals surface area (Å²) in [6, 6.07) is 14.0. The molecule has 6 heteroatoms. The Morgan fingerprint density at radius 3 is 2.70 bits per heavy atom. The molecule has 0 saturated carbocycles. The second-order valence-electron chi connectivity index (χ2n) is 6.58. The molecule has 0 radical (unpaired) electrons. The molecule has 2 N–H and O–H groups in total. The average molecular weight is 367 g/mol. The number of hydrogen-bond acceptors (Lipinski definition) is 4. The Kier molecular flexibility index (Phi) is 7.33. The van der Waals surface area contributed by atoms with Crippen LogP contribution in [0, 0.1) is 0 Å². The fourth-order valence-corrected chi connectivity index (χ4v) is 3.13. The van der Waals surface area contributed by atoms with Crippen molar-refractivity contribution >= 4 is 11.8 Å². The molecule has 3 rings (SSSR count). The Bertz CT molecular complexity index is 714. The molecule has 1 aliphatic rings. The standard InChI is InChI=1S/C21H29N5O/c1-22-21(24-12-15-27-19-8-4-2-5-9-19)25-17-18-10-11-23-20(16-18)26-13-6-3-7-14-26/h2,4-5,8-11,16H,3,6-7,12-15,17H2,1H3,(H2,22,24,25). The van der Waals surface area contributed by atoms with Gasteiger partial charge in [0.2, 0.25) is 0 Å². The molecule has 1 fully saturated rings. The lowest BCUT2D eigenvalue weighted by Gasteiger charge is -2.28. The first-order chi connectivity index (χ1) is 13.3. The molecule has 0 spiro atoms. The number of aromatic nitrogens is 1. The minimum absolute atomic E-state index is 0.582. The minimum atomic E-state index is 0.582. The highest BCUT2D eigenvalue weighted by molar-refractivity contribution is 5.79. The van der Waals surface area contributed by atoms with Gasteiger partial charge in [-0.3, -0.25) is 4.99 Å². The lowest BCUT2D eigenvalue weighted by atomic mass is 10.1. The SMILES string of the molecule is CN=C(NCCOc1ccccc1)NCc1ccnc(N2CCCCC2)c1. The van der Waals surface area contributed by atoms with E-state index in [9.17, 15) is 0 Å². The van der Waals surface area contributed by atoms with E-state index < -0.39 is 0 Å². The van der Waals surface area contributed by atoms with Crippen molar-refractivity contribution in [1.82, 2.24) is 15.6 Å². The Labute approximate surface area is 161 Å². The van der Waals surface area contributed by atoms with Crippen molar-refractivity contribution in [3.63, 3.8) is 0 Å². The lowest BCUT2D eigenvalue weighted by Crippen LogP contribution is -2.39. The quantitative estimate of drug-likeness (QED) is 0.448. The summed E-state index contributed by atoms with van der Waals surface area (Å²) >= 11 is 0. The Morgan fingerprint density at radius 2 is 1.93 bits per heavy atom. The van der Waals surface area contributed by atoms with Gasteiger partial charge in [-0.25, -0.2) is 4.98 Å². The van der Waals surface area contributed by atoms with Crippen LogP contribution in [0.15, 0.2) is 53.7 Å². The maximum Gasteiger partial charge on any atom is 0.191 e. The van der Waals surface area contributed by atoms with Gasteiger partial charge >= 0.3 is 0 Å². The maximum atomic E-state index is 5.69. The number of para-hydroxylation sites is 1. The molecule has 0 amide bonds. The number of nitrogens with zero attached hydrogens (tertiary/aromatic N) is 3. The maximum absolute atomic E-state index is 5.69. The van der Waals surface area contributed by atoms with Crippen molar-refractivity contribution in [3.8, 4) is 5.75 Å². The Hall–Kier alpha value is -2.76. The number of ether oxygens (including phenoxy) is 1. The zero-order valence-electron chi connectivity index (χ0n) is 16.0. The number of anilines is 1. The van der Waals surface area contributed by atoms with E-state index in [1.807, 2.05) is 42.6 Å². The highest BCUT2D eigenvalue weighted by atomic mass is 16.5. The van der Waals surface area contributed by atoms with Crippen molar-refractivity contribution < 1.29 is 4.74 Å². The van der Waals surface area contributed by atoms with Gasteiger partial charge in [0.05, 0.1) is 6.54 Å². The molecule has 2 aromatic rings. The molecule has 0 unspecified atom stereocenters. The number of rotatable bonds is 7. The Morgan fingerprint density at radius 1 is 1.11 bits per heavy atom. The van der Waals surface area contributed by atoms with Crippen molar-refractivity contribution in [2.75, 3.05) is 38.2 Å². The predicted octanol–water partition coefficient (Wildman–Crippen LogP) is 2.82. The zero-order chi connectivity index (χ0) is 18.7. The van der Waals surface area contributed by atoms with Gasteiger partial charge in [-0.2, -0.15) is 0 Å². The molecular weight excluding hydrogens is 338 g/mol. The number of piperidine rings is 1. The summed E-state index contributed by atoms with van der Waals surface area (Å²) in [4.78, 5) is 11.2. The van der Waals surface area contributed by atoms with E-state index in [2.05, 4.69) is 31.6 Å². The van der Waals surface area contributed by atoms with Gasteiger partial charge in [0.15, 0.2) is 5.96 Å². The van der Waals surface area contributed by atoms with Crippen molar-refractivity contribution in [3.05, 3.63) is 54.2 Å². The summed E-state index contributed by atoms with van der Waals surface area (Å²) < 4.78 is 5.69. The van der Waals surface area contributed by atoms with Crippen molar-refractivity contribution in [1.29, 1.82) is 0 Å². The molecule has 0 aliphatic carbocycles. The van der Waals surface area contributed by atoms with Gasteiger partial charge < -0.3 is 20.3 Å². The molecule has 0 bridgehead atoms. The molecule has 1 saturated heterocycles. The van der Waals surface area contributed by atoms with Crippen molar-refractivity contribution in [2.45, 2.75) is 25.8 Å². The second kappa shape index (κ2) is 10.4. The number of benzene rings is 1. The minimum Gasteiger partial charge on any atom is -0.492 e. The monoisotopic (exact) mass is 367 g/mol. The van der Waals surface area contributed by atoms with Crippen molar-refractivity contribution in [2.24, 2.45) is 4.99 Å². The molecule has 1 aliphatic heterocycles. The number of guanidine groups is 1. The van der Waals surface area contributed by atoms with Crippen LogP contribution in [0.4, 0.5) is 5.82 Å². The van der Waals surface area contributed by atoms with Crippen LogP contribution in [0.2, 0.25) is 0 Å². The summed E-state index contributed by atoms with van der Waals surface area (Å²) in [6.45, 7) is 4.19. The summed E-state index contributed by atoms with van der Waals surface area (Å²) in [6.07, 6.45) is 5.73. The largest absolute Gasteiger partial charge is 0.492 e. The summed E-state index contributed by atoms with van der Waals surface area (Å²) in [5.74, 6) is 2.72. The predicted molar refractivity (Wildman–Crippen MR) is 110 cm³/mol. The highest BCUT2D eigenvalue weighted by Crippen LogP contribution is 2.18. The van der Waals surface area contributed by atoms with Crippen LogP contribution in [0.1, 0.15) is 24.8 Å². The Balaban J connectivity index is 1.42. The third-order valence-corrected chi connectivity index (χ3v) is 4.58. The first-order valence-corrected chi connectivity index (χ1v) is 9.67. The molecule has 144 valence electrons. The summed E-state index contributed by atoms with van der Waals surface area (Å²) in [5.41, 5.74) is 1.20. The molecule has 27 heavy (non-hydrogen) atoms. The zero-order valence-corrected chi connectivity index (χ0v) is 16.0. The van der Waals surface area contributed by atoms with Crippen LogP contribution in [0.25, 0.3) is 0 Å². The summed E-state index contributed by atoms with van der Waals surface area (Å²) in [5, 5.41) is 6.63.